The number of aromatic nitrogens is 2. The van der Waals surface area contributed by atoms with Gasteiger partial charge in [0, 0.05) is 10.9 Å². The summed E-state index contributed by atoms with van der Waals surface area (Å²) in [5.41, 5.74) is -0.207. The Kier molecular flexibility index (Phi) is 3.75. The van der Waals surface area contributed by atoms with E-state index in [9.17, 15) is 4.79 Å². The minimum atomic E-state index is -0.207. The first-order valence-electron chi connectivity index (χ1n) is 6.61. The summed E-state index contributed by atoms with van der Waals surface area (Å²) >= 11 is 3.45. The number of hydrogen-bond acceptors (Lipinski definition) is 3. The van der Waals surface area contributed by atoms with Crippen molar-refractivity contribution >= 4 is 26.7 Å². The summed E-state index contributed by atoms with van der Waals surface area (Å²) in [5, 5.41) is 2.18. The zero-order valence-corrected chi connectivity index (χ0v) is 13.0. The molecule has 106 valence electrons. The average molecular weight is 345 g/mol. The van der Waals surface area contributed by atoms with E-state index in [1.807, 2.05) is 43.3 Å². The van der Waals surface area contributed by atoms with Crippen LogP contribution in [0.5, 0.6) is 11.6 Å². The Bertz CT molecular complexity index is 858. The van der Waals surface area contributed by atoms with Crippen molar-refractivity contribution in [1.82, 2.24) is 9.97 Å². The number of H-pyrrole nitrogens is 1. The van der Waals surface area contributed by atoms with E-state index in [0.717, 1.165) is 15.2 Å². The molecule has 0 aliphatic carbocycles. The summed E-state index contributed by atoms with van der Waals surface area (Å²) in [5.74, 6) is 1.58. The van der Waals surface area contributed by atoms with E-state index in [1.54, 1.807) is 0 Å². The lowest BCUT2D eigenvalue weighted by Gasteiger charge is -2.07. The van der Waals surface area contributed by atoms with Crippen molar-refractivity contribution in [2.24, 2.45) is 0 Å². The molecule has 0 aliphatic rings. The van der Waals surface area contributed by atoms with E-state index >= 15 is 0 Å². The fraction of sp³-hybridized carbons (Fsp3) is 0.125. The van der Waals surface area contributed by atoms with Gasteiger partial charge in [0.2, 0.25) is 5.88 Å². The minimum Gasteiger partial charge on any atom is -0.439 e. The maximum Gasteiger partial charge on any atom is 0.254 e. The van der Waals surface area contributed by atoms with Gasteiger partial charge in [-0.2, -0.15) is 4.98 Å². The summed E-state index contributed by atoms with van der Waals surface area (Å²) in [6, 6.07) is 13.1. The number of halogens is 1. The van der Waals surface area contributed by atoms with Crippen molar-refractivity contribution in [2.45, 2.75) is 13.3 Å². The predicted molar refractivity (Wildman–Crippen MR) is 86.0 cm³/mol. The van der Waals surface area contributed by atoms with Gasteiger partial charge in [-0.25, -0.2) is 0 Å². The van der Waals surface area contributed by atoms with Crippen LogP contribution in [0.3, 0.4) is 0 Å². The van der Waals surface area contributed by atoms with Gasteiger partial charge in [0.25, 0.3) is 5.56 Å². The van der Waals surface area contributed by atoms with Crippen LogP contribution in [-0.4, -0.2) is 9.97 Å². The predicted octanol–water partition coefficient (Wildman–Crippen LogP) is 4.04. The number of aryl methyl sites for hydroxylation is 1. The average Bonchev–Trinajstić information content (AvgIpc) is 2.47. The number of nitrogens with one attached hydrogen (secondary N) is 1. The van der Waals surface area contributed by atoms with Crippen molar-refractivity contribution in [3.8, 4) is 11.6 Å². The van der Waals surface area contributed by atoms with Crippen LogP contribution in [0.4, 0.5) is 0 Å². The van der Waals surface area contributed by atoms with Gasteiger partial charge in [0.15, 0.2) is 0 Å². The van der Waals surface area contributed by atoms with E-state index in [1.165, 1.54) is 6.07 Å². The highest BCUT2D eigenvalue weighted by Crippen LogP contribution is 2.26. The molecule has 2 aromatic carbocycles. The molecular weight excluding hydrogens is 332 g/mol. The second-order valence-corrected chi connectivity index (χ2v) is 5.55. The fourth-order valence-corrected chi connectivity index (χ4v) is 2.46. The molecular formula is C16H13BrN2O2. The molecule has 3 aromatic rings. The molecule has 1 aromatic heterocycles. The number of fused-ring (bicyclic) bond motifs is 1. The molecule has 0 aliphatic heterocycles. The molecule has 0 bridgehead atoms. The number of ether oxygens (including phenoxy) is 1. The smallest absolute Gasteiger partial charge is 0.254 e. The highest BCUT2D eigenvalue weighted by atomic mass is 79.9. The molecule has 5 heteroatoms. The number of benzene rings is 2. The molecule has 0 saturated carbocycles. The standard InChI is InChI=1S/C16H13BrN2O2/c1-2-14-18-15(20)9-16(19-14)21-13-6-4-10-7-12(17)5-3-11(10)8-13/h3-9H,2H2,1H3,(H,18,19,20). The van der Waals surface area contributed by atoms with Gasteiger partial charge in [-0.15, -0.1) is 0 Å². The van der Waals surface area contributed by atoms with Gasteiger partial charge in [0.05, 0.1) is 6.07 Å². The van der Waals surface area contributed by atoms with Gasteiger partial charge in [-0.05, 0) is 35.0 Å². The first-order chi connectivity index (χ1) is 10.1. The third-order valence-corrected chi connectivity index (χ3v) is 3.59. The molecule has 0 unspecified atom stereocenters. The minimum absolute atomic E-state index is 0.207. The number of hydrogen-bond donors (Lipinski definition) is 1. The second-order valence-electron chi connectivity index (χ2n) is 4.64. The highest BCUT2D eigenvalue weighted by Gasteiger charge is 2.04. The van der Waals surface area contributed by atoms with Crippen LogP contribution in [0, 0.1) is 0 Å². The van der Waals surface area contributed by atoms with E-state index in [2.05, 4.69) is 25.9 Å². The maximum absolute atomic E-state index is 11.5. The summed E-state index contributed by atoms with van der Waals surface area (Å²) in [4.78, 5) is 18.5. The Morgan fingerprint density at radius 1 is 1.14 bits per heavy atom. The number of aromatic amines is 1. The van der Waals surface area contributed by atoms with E-state index in [0.29, 0.717) is 23.9 Å². The molecule has 0 atom stereocenters. The summed E-state index contributed by atoms with van der Waals surface area (Å²) < 4.78 is 6.73. The Balaban J connectivity index is 1.96. The van der Waals surface area contributed by atoms with Gasteiger partial charge in [-0.1, -0.05) is 35.0 Å². The van der Waals surface area contributed by atoms with Crippen LogP contribution < -0.4 is 10.3 Å². The highest BCUT2D eigenvalue weighted by molar-refractivity contribution is 9.10. The summed E-state index contributed by atoms with van der Waals surface area (Å²) in [6.45, 7) is 1.93. The van der Waals surface area contributed by atoms with Crippen LogP contribution in [0.15, 0.2) is 51.7 Å². The zero-order valence-electron chi connectivity index (χ0n) is 11.4. The lowest BCUT2D eigenvalue weighted by Crippen LogP contribution is -2.10. The van der Waals surface area contributed by atoms with Crippen LogP contribution in [0.2, 0.25) is 0 Å². The monoisotopic (exact) mass is 344 g/mol. The first-order valence-corrected chi connectivity index (χ1v) is 7.41. The molecule has 1 N–H and O–H groups in total. The quantitative estimate of drug-likeness (QED) is 0.779. The number of rotatable bonds is 3. The molecule has 3 rings (SSSR count). The fourth-order valence-electron chi connectivity index (χ4n) is 2.08. The Hall–Kier alpha value is -2.14. The van der Waals surface area contributed by atoms with Crippen molar-refractivity contribution < 1.29 is 4.74 Å². The SMILES string of the molecule is CCc1nc(Oc2ccc3cc(Br)ccc3c2)cc(=O)[nH]1. The van der Waals surface area contributed by atoms with Gasteiger partial charge >= 0.3 is 0 Å². The first kappa shape index (κ1) is 13.8. The molecule has 0 saturated heterocycles. The van der Waals surface area contributed by atoms with Crippen molar-refractivity contribution in [3.63, 3.8) is 0 Å². The Morgan fingerprint density at radius 3 is 2.71 bits per heavy atom. The van der Waals surface area contributed by atoms with Crippen LogP contribution in [0.25, 0.3) is 10.8 Å². The van der Waals surface area contributed by atoms with E-state index < -0.39 is 0 Å². The molecule has 0 amide bonds. The normalized spacial score (nSPS) is 10.8. The van der Waals surface area contributed by atoms with Crippen molar-refractivity contribution in [1.29, 1.82) is 0 Å². The lowest BCUT2D eigenvalue weighted by atomic mass is 10.1. The Morgan fingerprint density at radius 2 is 1.90 bits per heavy atom. The molecule has 0 spiro atoms. The summed E-state index contributed by atoms with van der Waals surface area (Å²) in [7, 11) is 0. The van der Waals surface area contributed by atoms with Crippen molar-refractivity contribution in [2.75, 3.05) is 0 Å². The maximum atomic E-state index is 11.5. The third-order valence-electron chi connectivity index (χ3n) is 3.10. The van der Waals surface area contributed by atoms with Gasteiger partial charge in [-0.3, -0.25) is 4.79 Å². The van der Waals surface area contributed by atoms with Gasteiger partial charge < -0.3 is 9.72 Å². The molecule has 0 fully saturated rings. The molecule has 1 heterocycles. The van der Waals surface area contributed by atoms with Crippen LogP contribution >= 0.6 is 15.9 Å². The summed E-state index contributed by atoms with van der Waals surface area (Å²) in [6.07, 6.45) is 0.651. The molecule has 0 radical (unpaired) electrons. The number of nitrogens with zero attached hydrogens (tertiary/aromatic N) is 1. The lowest BCUT2D eigenvalue weighted by molar-refractivity contribution is 0.458. The largest absolute Gasteiger partial charge is 0.439 e. The van der Waals surface area contributed by atoms with E-state index in [4.69, 9.17) is 4.74 Å². The second kappa shape index (κ2) is 5.69. The van der Waals surface area contributed by atoms with E-state index in [-0.39, 0.29) is 5.56 Å². The Labute approximate surface area is 129 Å². The zero-order chi connectivity index (χ0) is 14.8. The third kappa shape index (κ3) is 3.13. The van der Waals surface area contributed by atoms with Crippen LogP contribution in [0.1, 0.15) is 12.7 Å². The molecule has 21 heavy (non-hydrogen) atoms. The molecule has 4 nitrogen and oxygen atoms in total. The van der Waals surface area contributed by atoms with Crippen molar-refractivity contribution in [3.05, 3.63) is 63.1 Å². The van der Waals surface area contributed by atoms with Gasteiger partial charge in [0.1, 0.15) is 11.6 Å². The van der Waals surface area contributed by atoms with Crippen LogP contribution in [-0.2, 0) is 6.42 Å². The topological polar surface area (TPSA) is 55.0 Å².